The van der Waals surface area contributed by atoms with Crippen LogP contribution in [0, 0.1) is 0 Å². The Labute approximate surface area is 84.3 Å². The molecular formula is C9H17ClO3. The van der Waals surface area contributed by atoms with Gasteiger partial charge in [0.2, 0.25) is 0 Å². The SMILES string of the molecule is CC(C)(C)OC[C@@H](Cl)C1OCCO1. The molecule has 0 unspecified atom stereocenters. The third-order valence-electron chi connectivity index (χ3n) is 1.62. The summed E-state index contributed by atoms with van der Waals surface area (Å²) < 4.78 is 16.0. The lowest BCUT2D eigenvalue weighted by molar-refractivity contribution is -0.0778. The molecule has 1 aliphatic rings. The molecule has 0 radical (unpaired) electrons. The molecule has 0 aliphatic carbocycles. The van der Waals surface area contributed by atoms with Crippen molar-refractivity contribution in [2.24, 2.45) is 0 Å². The van der Waals surface area contributed by atoms with Crippen molar-refractivity contribution in [3.05, 3.63) is 0 Å². The summed E-state index contributed by atoms with van der Waals surface area (Å²) in [5.41, 5.74) is -0.161. The molecule has 13 heavy (non-hydrogen) atoms. The van der Waals surface area contributed by atoms with Crippen LogP contribution in [0.5, 0.6) is 0 Å². The van der Waals surface area contributed by atoms with Crippen LogP contribution in [0.3, 0.4) is 0 Å². The number of hydrogen-bond acceptors (Lipinski definition) is 3. The largest absolute Gasteiger partial charge is 0.374 e. The highest BCUT2D eigenvalue weighted by Gasteiger charge is 2.26. The molecule has 1 atom stereocenters. The predicted molar refractivity (Wildman–Crippen MR) is 51.0 cm³/mol. The summed E-state index contributed by atoms with van der Waals surface area (Å²) in [7, 11) is 0. The van der Waals surface area contributed by atoms with Gasteiger partial charge in [0.25, 0.3) is 0 Å². The number of ether oxygens (including phenoxy) is 3. The van der Waals surface area contributed by atoms with Gasteiger partial charge in [-0.05, 0) is 20.8 Å². The van der Waals surface area contributed by atoms with Gasteiger partial charge in [0.05, 0.1) is 25.4 Å². The predicted octanol–water partition coefficient (Wildman–Crippen LogP) is 1.78. The third kappa shape index (κ3) is 4.27. The molecule has 0 bridgehead atoms. The molecule has 78 valence electrons. The quantitative estimate of drug-likeness (QED) is 0.662. The molecule has 4 heteroatoms. The number of halogens is 1. The summed E-state index contributed by atoms with van der Waals surface area (Å²) in [6, 6.07) is 0. The van der Waals surface area contributed by atoms with Crippen LogP contribution in [0.2, 0.25) is 0 Å². The van der Waals surface area contributed by atoms with Crippen LogP contribution < -0.4 is 0 Å². The molecule has 0 spiro atoms. The molecule has 0 N–H and O–H groups in total. The van der Waals surface area contributed by atoms with Gasteiger partial charge in [0.1, 0.15) is 5.38 Å². The van der Waals surface area contributed by atoms with Gasteiger partial charge in [0.15, 0.2) is 6.29 Å². The van der Waals surface area contributed by atoms with Crippen molar-refractivity contribution in [3.63, 3.8) is 0 Å². The molecular weight excluding hydrogens is 192 g/mol. The van der Waals surface area contributed by atoms with E-state index >= 15 is 0 Å². The molecule has 1 heterocycles. The fourth-order valence-electron chi connectivity index (χ4n) is 0.994. The van der Waals surface area contributed by atoms with Crippen molar-refractivity contribution in [2.75, 3.05) is 19.8 Å². The van der Waals surface area contributed by atoms with Crippen LogP contribution >= 0.6 is 11.6 Å². The Hall–Kier alpha value is 0.170. The molecule has 3 nitrogen and oxygen atoms in total. The molecule has 1 aliphatic heterocycles. The Bertz CT molecular complexity index is 149. The van der Waals surface area contributed by atoms with E-state index in [0.29, 0.717) is 19.8 Å². The summed E-state index contributed by atoms with van der Waals surface area (Å²) in [6.45, 7) is 7.69. The Kier molecular flexibility index (Phi) is 3.98. The van der Waals surface area contributed by atoms with Crippen molar-refractivity contribution < 1.29 is 14.2 Å². The first kappa shape index (κ1) is 11.2. The molecule has 0 aromatic carbocycles. The van der Waals surface area contributed by atoms with Crippen molar-refractivity contribution in [3.8, 4) is 0 Å². The van der Waals surface area contributed by atoms with Gasteiger partial charge in [-0.15, -0.1) is 11.6 Å². The maximum Gasteiger partial charge on any atom is 0.176 e. The van der Waals surface area contributed by atoms with E-state index < -0.39 is 0 Å². The van der Waals surface area contributed by atoms with Gasteiger partial charge in [-0.1, -0.05) is 0 Å². The van der Waals surface area contributed by atoms with E-state index in [9.17, 15) is 0 Å². The third-order valence-corrected chi connectivity index (χ3v) is 1.95. The molecule has 1 fully saturated rings. The first-order chi connectivity index (χ1) is 5.99. The molecule has 1 rings (SSSR count). The molecule has 0 saturated carbocycles. The lowest BCUT2D eigenvalue weighted by Gasteiger charge is -2.23. The second-order valence-corrected chi connectivity index (χ2v) is 4.61. The van der Waals surface area contributed by atoms with Crippen LogP contribution in [-0.4, -0.2) is 37.1 Å². The van der Waals surface area contributed by atoms with Crippen LogP contribution in [0.25, 0.3) is 0 Å². The van der Waals surface area contributed by atoms with E-state index in [-0.39, 0.29) is 17.3 Å². The van der Waals surface area contributed by atoms with Crippen molar-refractivity contribution >= 4 is 11.6 Å². The van der Waals surface area contributed by atoms with E-state index in [1.54, 1.807) is 0 Å². The summed E-state index contributed by atoms with van der Waals surface area (Å²) in [5, 5.41) is -0.221. The Morgan fingerprint density at radius 1 is 1.38 bits per heavy atom. The highest BCUT2D eigenvalue weighted by atomic mass is 35.5. The van der Waals surface area contributed by atoms with E-state index in [0.717, 1.165) is 0 Å². The van der Waals surface area contributed by atoms with E-state index in [2.05, 4.69) is 0 Å². The van der Waals surface area contributed by atoms with Gasteiger partial charge in [-0.2, -0.15) is 0 Å². The zero-order valence-corrected chi connectivity index (χ0v) is 9.13. The van der Waals surface area contributed by atoms with Crippen LogP contribution in [0.4, 0.5) is 0 Å². The number of rotatable bonds is 3. The van der Waals surface area contributed by atoms with Crippen molar-refractivity contribution in [1.82, 2.24) is 0 Å². The average molecular weight is 209 g/mol. The van der Waals surface area contributed by atoms with E-state index in [4.69, 9.17) is 25.8 Å². The minimum atomic E-state index is -0.302. The maximum atomic E-state index is 6.02. The van der Waals surface area contributed by atoms with Crippen molar-refractivity contribution in [1.29, 1.82) is 0 Å². The topological polar surface area (TPSA) is 27.7 Å². The fraction of sp³-hybridized carbons (Fsp3) is 1.00. The number of alkyl halides is 1. The molecule has 0 amide bonds. The lowest BCUT2D eigenvalue weighted by Crippen LogP contribution is -2.31. The molecule has 0 aromatic rings. The average Bonchev–Trinajstić information content (AvgIpc) is 2.50. The fourth-order valence-corrected chi connectivity index (χ4v) is 1.20. The van der Waals surface area contributed by atoms with E-state index in [1.165, 1.54) is 0 Å². The van der Waals surface area contributed by atoms with Gasteiger partial charge in [-0.3, -0.25) is 0 Å². The van der Waals surface area contributed by atoms with Gasteiger partial charge in [0, 0.05) is 0 Å². The van der Waals surface area contributed by atoms with Crippen LogP contribution in [0.15, 0.2) is 0 Å². The smallest absolute Gasteiger partial charge is 0.176 e. The first-order valence-corrected chi connectivity index (χ1v) is 4.94. The minimum absolute atomic E-state index is 0.161. The molecule has 0 aromatic heterocycles. The highest BCUT2D eigenvalue weighted by Crippen LogP contribution is 2.17. The van der Waals surface area contributed by atoms with Crippen LogP contribution in [-0.2, 0) is 14.2 Å². The second kappa shape index (κ2) is 4.60. The van der Waals surface area contributed by atoms with E-state index in [1.807, 2.05) is 20.8 Å². The normalized spacial score (nSPS) is 22.2. The van der Waals surface area contributed by atoms with Gasteiger partial charge < -0.3 is 14.2 Å². The Morgan fingerprint density at radius 3 is 2.38 bits per heavy atom. The van der Waals surface area contributed by atoms with Gasteiger partial charge >= 0.3 is 0 Å². The van der Waals surface area contributed by atoms with Gasteiger partial charge in [-0.25, -0.2) is 0 Å². The second-order valence-electron chi connectivity index (χ2n) is 4.05. The van der Waals surface area contributed by atoms with Crippen LogP contribution in [0.1, 0.15) is 20.8 Å². The standard InChI is InChI=1S/C9H17ClO3/c1-9(2,3)13-6-7(10)8-11-4-5-12-8/h7-8H,4-6H2,1-3H3/t7-/m1/s1. The summed E-state index contributed by atoms with van der Waals surface area (Å²) in [4.78, 5) is 0. The monoisotopic (exact) mass is 208 g/mol. The summed E-state index contributed by atoms with van der Waals surface area (Å²) >= 11 is 6.02. The Morgan fingerprint density at radius 2 is 1.92 bits per heavy atom. The molecule has 1 saturated heterocycles. The summed E-state index contributed by atoms with van der Waals surface area (Å²) in [6.07, 6.45) is -0.302. The maximum absolute atomic E-state index is 6.02. The van der Waals surface area contributed by atoms with Crippen molar-refractivity contribution in [2.45, 2.75) is 38.0 Å². The zero-order valence-electron chi connectivity index (χ0n) is 8.38. The Balaban J connectivity index is 2.20. The minimum Gasteiger partial charge on any atom is -0.374 e. The highest BCUT2D eigenvalue weighted by molar-refractivity contribution is 6.21. The lowest BCUT2D eigenvalue weighted by atomic mass is 10.2. The zero-order chi connectivity index (χ0) is 9.90. The first-order valence-electron chi connectivity index (χ1n) is 4.50. The number of hydrogen-bond donors (Lipinski definition) is 0. The summed E-state index contributed by atoms with van der Waals surface area (Å²) in [5.74, 6) is 0.